The summed E-state index contributed by atoms with van der Waals surface area (Å²) in [5, 5.41) is 18.5. The van der Waals surface area contributed by atoms with E-state index in [-0.39, 0.29) is 49.3 Å². The Morgan fingerprint density at radius 2 is 1.76 bits per heavy atom. The molecule has 0 aliphatic carbocycles. The van der Waals surface area contributed by atoms with E-state index in [9.17, 15) is 36.4 Å². The van der Waals surface area contributed by atoms with E-state index < -0.39 is 41.6 Å². The van der Waals surface area contributed by atoms with E-state index >= 15 is 0 Å². The number of aliphatic hydroxyl groups is 1. The minimum atomic E-state index is -4.99. The second-order valence-corrected chi connectivity index (χ2v) is 7.64. The van der Waals surface area contributed by atoms with Crippen LogP contribution < -0.4 is 0 Å². The number of aliphatic hydroxyl groups excluding tert-OH is 1. The molecule has 196 valence electrons. The number of esters is 1. The highest BCUT2D eigenvalue weighted by Crippen LogP contribution is 2.36. The van der Waals surface area contributed by atoms with E-state index in [1.807, 2.05) is 0 Å². The van der Waals surface area contributed by atoms with Gasteiger partial charge < -0.3 is 19.1 Å². The van der Waals surface area contributed by atoms with Gasteiger partial charge in [-0.3, -0.25) is 0 Å². The quantitative estimate of drug-likeness (QED) is 0.144. The van der Waals surface area contributed by atoms with Crippen LogP contribution in [0.1, 0.15) is 22.3 Å². The van der Waals surface area contributed by atoms with Crippen molar-refractivity contribution >= 4 is 23.1 Å². The van der Waals surface area contributed by atoms with Gasteiger partial charge in [0.05, 0.1) is 30.9 Å². The molecule has 0 saturated carbocycles. The monoisotopic (exact) mass is 527 g/mol. The van der Waals surface area contributed by atoms with Gasteiger partial charge >= 0.3 is 18.3 Å². The molecule has 0 unspecified atom stereocenters. The number of rotatable bonds is 9. The van der Waals surface area contributed by atoms with Gasteiger partial charge in [-0.25, -0.2) is 9.78 Å². The first-order valence-corrected chi connectivity index (χ1v) is 10.6. The van der Waals surface area contributed by atoms with Crippen molar-refractivity contribution in [2.45, 2.75) is 18.9 Å². The lowest BCUT2D eigenvalue weighted by molar-refractivity contribution is -0.143. The molecule has 0 atom stereocenters. The van der Waals surface area contributed by atoms with Crippen molar-refractivity contribution in [2.24, 2.45) is 0 Å². The molecule has 0 spiro atoms. The van der Waals surface area contributed by atoms with E-state index in [4.69, 9.17) is 14.6 Å². The summed E-state index contributed by atoms with van der Waals surface area (Å²) in [6, 6.07) is 6.10. The maximum Gasteiger partial charge on any atom is 0.416 e. The molecule has 13 heteroatoms. The van der Waals surface area contributed by atoms with E-state index in [1.54, 1.807) is 18.2 Å². The molecule has 0 saturated heterocycles. The van der Waals surface area contributed by atoms with Gasteiger partial charge in [0, 0.05) is 29.9 Å². The molecule has 2 aromatic heterocycles. The number of alkyl halides is 6. The summed E-state index contributed by atoms with van der Waals surface area (Å²) in [6.45, 7) is -0.763. The topological polar surface area (TPSA) is 97.4 Å². The third-order valence-electron chi connectivity index (χ3n) is 5.00. The summed E-state index contributed by atoms with van der Waals surface area (Å²) in [6.07, 6.45) is -6.06. The maximum atomic E-state index is 13.3. The van der Waals surface area contributed by atoms with Gasteiger partial charge in [0.25, 0.3) is 0 Å². The lowest BCUT2D eigenvalue weighted by Crippen LogP contribution is -2.13. The average molecular weight is 527 g/mol. The Morgan fingerprint density at radius 3 is 2.35 bits per heavy atom. The number of nitrogens with zero attached hydrogens (tertiary/aromatic N) is 3. The fourth-order valence-corrected chi connectivity index (χ4v) is 3.42. The summed E-state index contributed by atoms with van der Waals surface area (Å²) >= 11 is 0. The second-order valence-electron chi connectivity index (χ2n) is 7.64. The fraction of sp³-hybridized carbons (Fsp3) is 0.292. The van der Waals surface area contributed by atoms with Crippen LogP contribution in [0.15, 0.2) is 48.3 Å². The summed E-state index contributed by atoms with van der Waals surface area (Å²) in [5.41, 5.74) is -3.08. The SMILES string of the molecule is N#C/C(=C\c1cn(Cc2cc(C(F)(F)F)cc(C(F)(F)F)c2)c2ncccc12)C(=O)OCCOCCO. The average Bonchev–Trinajstić information content (AvgIpc) is 3.18. The maximum absolute atomic E-state index is 13.3. The van der Waals surface area contributed by atoms with Crippen LogP contribution in [0.25, 0.3) is 17.1 Å². The Morgan fingerprint density at radius 1 is 1.08 bits per heavy atom. The van der Waals surface area contributed by atoms with Crippen LogP contribution in [0.4, 0.5) is 26.3 Å². The van der Waals surface area contributed by atoms with Gasteiger partial charge in [-0.15, -0.1) is 0 Å². The Labute approximate surface area is 206 Å². The molecule has 1 aromatic carbocycles. The Bertz CT molecular complexity index is 1310. The molecule has 0 fully saturated rings. The Kier molecular flexibility index (Phi) is 8.57. The largest absolute Gasteiger partial charge is 0.459 e. The zero-order valence-corrected chi connectivity index (χ0v) is 18.9. The minimum Gasteiger partial charge on any atom is -0.459 e. The predicted octanol–water partition coefficient (Wildman–Crippen LogP) is 4.58. The molecule has 37 heavy (non-hydrogen) atoms. The number of carbonyl (C=O) groups excluding carboxylic acids is 1. The molecular weight excluding hydrogens is 508 g/mol. The number of nitriles is 1. The molecule has 1 N–H and O–H groups in total. The summed E-state index contributed by atoms with van der Waals surface area (Å²) in [7, 11) is 0. The molecule has 0 bridgehead atoms. The number of hydrogen-bond acceptors (Lipinski definition) is 6. The second kappa shape index (κ2) is 11.4. The van der Waals surface area contributed by atoms with Crippen LogP contribution in [-0.2, 0) is 33.2 Å². The lowest BCUT2D eigenvalue weighted by Gasteiger charge is -2.14. The first kappa shape index (κ1) is 27.7. The van der Waals surface area contributed by atoms with Gasteiger partial charge in [0.2, 0.25) is 0 Å². The van der Waals surface area contributed by atoms with Crippen LogP contribution in [-0.4, -0.2) is 47.1 Å². The fourth-order valence-electron chi connectivity index (χ4n) is 3.42. The van der Waals surface area contributed by atoms with Gasteiger partial charge in [-0.2, -0.15) is 31.6 Å². The molecule has 0 amide bonds. The van der Waals surface area contributed by atoms with Gasteiger partial charge in [-0.05, 0) is 42.0 Å². The normalized spacial score (nSPS) is 12.5. The molecule has 0 aliphatic heterocycles. The lowest BCUT2D eigenvalue weighted by atomic mass is 10.0. The van der Waals surface area contributed by atoms with Crippen LogP contribution in [0, 0.1) is 11.3 Å². The van der Waals surface area contributed by atoms with Crippen LogP contribution in [0.5, 0.6) is 0 Å². The number of benzene rings is 1. The molecular formula is C24H19F6N3O4. The molecule has 3 rings (SSSR count). The molecule has 7 nitrogen and oxygen atoms in total. The minimum absolute atomic E-state index is 0.00879. The zero-order valence-electron chi connectivity index (χ0n) is 18.9. The van der Waals surface area contributed by atoms with Crippen molar-refractivity contribution in [3.05, 3.63) is 70.6 Å². The van der Waals surface area contributed by atoms with Crippen molar-refractivity contribution in [1.82, 2.24) is 9.55 Å². The third-order valence-corrected chi connectivity index (χ3v) is 5.00. The van der Waals surface area contributed by atoms with Crippen molar-refractivity contribution in [1.29, 1.82) is 5.26 Å². The smallest absolute Gasteiger partial charge is 0.416 e. The van der Waals surface area contributed by atoms with Crippen molar-refractivity contribution in [3.63, 3.8) is 0 Å². The van der Waals surface area contributed by atoms with Crippen LogP contribution in [0.2, 0.25) is 0 Å². The van der Waals surface area contributed by atoms with Crippen LogP contribution in [0.3, 0.4) is 0 Å². The van der Waals surface area contributed by atoms with E-state index in [0.717, 1.165) is 0 Å². The van der Waals surface area contributed by atoms with E-state index in [1.165, 1.54) is 23.0 Å². The van der Waals surface area contributed by atoms with Crippen molar-refractivity contribution in [2.75, 3.05) is 26.4 Å². The molecule has 3 aromatic rings. The number of aromatic nitrogens is 2. The summed E-state index contributed by atoms with van der Waals surface area (Å²) in [5.74, 6) is -0.965. The number of halogens is 6. The number of pyridine rings is 1. The van der Waals surface area contributed by atoms with Gasteiger partial charge in [-0.1, -0.05) is 0 Å². The molecule has 0 radical (unpaired) electrons. The third kappa shape index (κ3) is 7.08. The Hall–Kier alpha value is -3.89. The zero-order chi connectivity index (χ0) is 27.2. The number of hydrogen-bond donors (Lipinski definition) is 1. The highest BCUT2D eigenvalue weighted by atomic mass is 19.4. The number of fused-ring (bicyclic) bond motifs is 1. The van der Waals surface area contributed by atoms with Crippen molar-refractivity contribution < 1.29 is 45.7 Å². The summed E-state index contributed by atoms with van der Waals surface area (Å²) in [4.78, 5) is 16.4. The first-order valence-electron chi connectivity index (χ1n) is 10.6. The van der Waals surface area contributed by atoms with Gasteiger partial charge in [0.1, 0.15) is 23.9 Å². The highest BCUT2D eigenvalue weighted by Gasteiger charge is 2.37. The Balaban J connectivity index is 1.96. The standard InChI is InChI=1S/C24H19F6N3O4/c25-23(26,27)18-8-15(9-19(11-18)24(28,29)30)13-33-14-17(20-2-1-3-32-21(20)33)10-16(12-31)22(35)37-7-6-36-5-4-34/h1-3,8-11,14,34H,4-7,13H2/b16-10+. The number of ether oxygens (including phenoxy) is 2. The van der Waals surface area contributed by atoms with Crippen molar-refractivity contribution in [3.8, 4) is 6.07 Å². The molecule has 2 heterocycles. The number of carbonyl (C=O) groups is 1. The van der Waals surface area contributed by atoms with E-state index in [0.29, 0.717) is 17.5 Å². The summed E-state index contributed by atoms with van der Waals surface area (Å²) < 4.78 is 90.7. The first-order chi connectivity index (χ1) is 17.4. The van der Waals surface area contributed by atoms with Gasteiger partial charge in [0.15, 0.2) is 0 Å². The predicted molar refractivity (Wildman–Crippen MR) is 118 cm³/mol. The van der Waals surface area contributed by atoms with Crippen LogP contribution >= 0.6 is 0 Å². The highest BCUT2D eigenvalue weighted by molar-refractivity contribution is 6.00. The molecule has 0 aliphatic rings. The van der Waals surface area contributed by atoms with E-state index in [2.05, 4.69) is 4.98 Å².